The number of rotatable bonds is 7. The molecule has 2 aromatic heterocycles. The van der Waals surface area contributed by atoms with Gasteiger partial charge in [0.2, 0.25) is 5.78 Å². The molecule has 4 nitrogen and oxygen atoms in total. The highest BCUT2D eigenvalue weighted by atomic mass is 32.1. The van der Waals surface area contributed by atoms with Gasteiger partial charge in [-0.05, 0) is 51.6 Å². The minimum Gasteiger partial charge on any atom is -0.355 e. The fourth-order valence-electron chi connectivity index (χ4n) is 3.74. The zero-order chi connectivity index (χ0) is 20.4. The molecule has 3 N–H and O–H groups in total. The number of carbonyl (C=O) groups excluding carboxylic acids is 2. The Morgan fingerprint density at radius 3 is 2.29 bits per heavy atom. The number of benzene rings is 1. The van der Waals surface area contributed by atoms with Gasteiger partial charge < -0.3 is 10.3 Å². The predicted molar refractivity (Wildman–Crippen MR) is 113 cm³/mol. The maximum absolute atomic E-state index is 13.2. The predicted octanol–water partition coefficient (Wildman–Crippen LogP) is 4.13. The van der Waals surface area contributed by atoms with Gasteiger partial charge in [0.1, 0.15) is 12.1 Å². The van der Waals surface area contributed by atoms with E-state index in [4.69, 9.17) is 0 Å². The summed E-state index contributed by atoms with van der Waals surface area (Å²) in [5, 5.41) is 4.18. The van der Waals surface area contributed by atoms with Crippen LogP contribution < -0.4 is 5.32 Å². The molecular formula is C23H27N2O2S+. The van der Waals surface area contributed by atoms with E-state index < -0.39 is 0 Å². The summed E-state index contributed by atoms with van der Waals surface area (Å²) in [5.74, 6) is -0.000169. The van der Waals surface area contributed by atoms with E-state index in [0.717, 1.165) is 11.3 Å². The van der Waals surface area contributed by atoms with Crippen LogP contribution in [0.15, 0.2) is 41.8 Å². The molecule has 0 amide bonds. The summed E-state index contributed by atoms with van der Waals surface area (Å²) in [6.45, 7) is 9.23. The molecule has 0 bridgehead atoms. The molecule has 0 aliphatic carbocycles. The van der Waals surface area contributed by atoms with Gasteiger partial charge in [0.05, 0.1) is 10.6 Å². The van der Waals surface area contributed by atoms with Gasteiger partial charge in [-0.1, -0.05) is 35.9 Å². The van der Waals surface area contributed by atoms with Gasteiger partial charge in [-0.15, -0.1) is 11.3 Å². The standard InChI is InChI=1S/C23H26N2O2S/c1-13-8-10-18(11-9-13)22(19-7-6-12-28-19)25-16(4)23(27)21-14(2)20(17(5)26)15(3)24-21/h6-12,16,22,24-25H,1-5H3/p+1/t16-,22+/m1/s1. The van der Waals surface area contributed by atoms with Crippen LogP contribution in [0.3, 0.4) is 0 Å². The molecule has 1 aromatic carbocycles. The lowest BCUT2D eigenvalue weighted by molar-refractivity contribution is -0.703. The van der Waals surface area contributed by atoms with Crippen molar-refractivity contribution in [2.75, 3.05) is 0 Å². The Balaban J connectivity index is 1.89. The van der Waals surface area contributed by atoms with Crippen molar-refractivity contribution in [2.24, 2.45) is 0 Å². The van der Waals surface area contributed by atoms with Crippen LogP contribution >= 0.6 is 11.3 Å². The molecule has 2 atom stereocenters. The first kappa shape index (κ1) is 20.2. The fraction of sp³-hybridized carbons (Fsp3) is 0.304. The number of hydrogen-bond donors (Lipinski definition) is 2. The third-order valence-corrected chi connectivity index (χ3v) is 6.17. The first-order valence-corrected chi connectivity index (χ1v) is 10.4. The molecule has 0 saturated heterocycles. The van der Waals surface area contributed by atoms with E-state index in [2.05, 4.69) is 52.9 Å². The molecule has 146 valence electrons. The molecule has 0 saturated carbocycles. The molecule has 0 unspecified atom stereocenters. The van der Waals surface area contributed by atoms with Crippen molar-refractivity contribution >= 4 is 22.9 Å². The second-order valence-corrected chi connectivity index (χ2v) is 8.41. The van der Waals surface area contributed by atoms with Gasteiger partial charge in [0, 0.05) is 16.8 Å². The van der Waals surface area contributed by atoms with Crippen molar-refractivity contribution in [3.63, 3.8) is 0 Å². The summed E-state index contributed by atoms with van der Waals surface area (Å²) >= 11 is 1.70. The number of carbonyl (C=O) groups is 2. The fourth-order valence-corrected chi connectivity index (χ4v) is 4.57. The third kappa shape index (κ3) is 4.01. The molecule has 0 aliphatic rings. The highest BCUT2D eigenvalue weighted by Crippen LogP contribution is 2.24. The van der Waals surface area contributed by atoms with Crippen LogP contribution in [-0.2, 0) is 0 Å². The minimum absolute atomic E-state index is 0.0155. The van der Waals surface area contributed by atoms with Gasteiger partial charge >= 0.3 is 0 Å². The van der Waals surface area contributed by atoms with E-state index in [0.29, 0.717) is 11.3 Å². The van der Waals surface area contributed by atoms with Crippen LogP contribution in [-0.4, -0.2) is 22.6 Å². The molecule has 0 radical (unpaired) electrons. The van der Waals surface area contributed by atoms with Crippen LogP contribution in [0.1, 0.15) is 68.0 Å². The molecular weight excluding hydrogens is 368 g/mol. The molecule has 28 heavy (non-hydrogen) atoms. The lowest BCUT2D eigenvalue weighted by atomic mass is 10.00. The SMILES string of the molecule is CC(=O)c1c(C)[nH]c(C(=O)[C@@H](C)[NH2+][C@@H](c2ccc(C)cc2)c2cccs2)c1C. The number of ketones is 2. The lowest BCUT2D eigenvalue weighted by Gasteiger charge is -2.19. The van der Waals surface area contributed by atoms with Gasteiger partial charge in [0.25, 0.3) is 0 Å². The summed E-state index contributed by atoms with van der Waals surface area (Å²) in [4.78, 5) is 29.4. The van der Waals surface area contributed by atoms with Crippen molar-refractivity contribution < 1.29 is 14.9 Å². The Morgan fingerprint density at radius 1 is 1.07 bits per heavy atom. The highest BCUT2D eigenvalue weighted by molar-refractivity contribution is 7.10. The number of H-pyrrole nitrogens is 1. The number of hydrogen-bond acceptors (Lipinski definition) is 3. The van der Waals surface area contributed by atoms with E-state index in [1.54, 1.807) is 11.3 Å². The number of aryl methyl sites for hydroxylation is 2. The monoisotopic (exact) mass is 395 g/mol. The Labute approximate surface area is 170 Å². The van der Waals surface area contributed by atoms with Gasteiger partial charge in [0.15, 0.2) is 5.78 Å². The first-order valence-electron chi connectivity index (χ1n) is 9.48. The Bertz CT molecular complexity index is 985. The summed E-state index contributed by atoms with van der Waals surface area (Å²) in [5.41, 5.74) is 5.07. The van der Waals surface area contributed by atoms with E-state index in [-0.39, 0.29) is 23.7 Å². The van der Waals surface area contributed by atoms with Crippen molar-refractivity contribution in [2.45, 2.75) is 46.7 Å². The smallest absolute Gasteiger partial charge is 0.235 e. The maximum atomic E-state index is 13.2. The Morgan fingerprint density at radius 2 is 1.75 bits per heavy atom. The summed E-state index contributed by atoms with van der Waals surface area (Å²) in [7, 11) is 0. The molecule has 0 aliphatic heterocycles. The molecule has 3 aromatic rings. The van der Waals surface area contributed by atoms with Gasteiger partial charge in [-0.25, -0.2) is 0 Å². The number of Topliss-reactive ketones (excluding diaryl/α,β-unsaturated/α-hetero) is 2. The summed E-state index contributed by atoms with van der Waals surface area (Å²) < 4.78 is 0. The molecule has 3 rings (SSSR count). The average Bonchev–Trinajstić information content (AvgIpc) is 3.27. The van der Waals surface area contributed by atoms with Crippen molar-refractivity contribution in [3.05, 3.63) is 80.3 Å². The molecule has 2 heterocycles. The van der Waals surface area contributed by atoms with Crippen LogP contribution in [0.2, 0.25) is 0 Å². The van der Waals surface area contributed by atoms with Crippen molar-refractivity contribution in [1.82, 2.24) is 4.98 Å². The number of nitrogens with one attached hydrogen (secondary N) is 1. The third-order valence-electron chi connectivity index (χ3n) is 5.22. The van der Waals surface area contributed by atoms with Gasteiger partial charge in [-0.2, -0.15) is 0 Å². The molecule has 5 heteroatoms. The summed E-state index contributed by atoms with van der Waals surface area (Å²) in [6, 6.07) is 12.4. The first-order chi connectivity index (χ1) is 13.3. The normalized spacial score (nSPS) is 13.3. The Hall–Kier alpha value is -2.50. The highest BCUT2D eigenvalue weighted by Gasteiger charge is 2.29. The quantitative estimate of drug-likeness (QED) is 0.591. The Kier molecular flexibility index (Phi) is 5.96. The number of thiophene rings is 1. The zero-order valence-electron chi connectivity index (χ0n) is 17.0. The van der Waals surface area contributed by atoms with E-state index in [1.807, 2.05) is 26.8 Å². The number of quaternary nitrogens is 1. The van der Waals surface area contributed by atoms with Crippen LogP contribution in [0.25, 0.3) is 0 Å². The van der Waals surface area contributed by atoms with E-state index in [1.165, 1.54) is 22.9 Å². The topological polar surface area (TPSA) is 66.5 Å². The summed E-state index contributed by atoms with van der Waals surface area (Å²) in [6.07, 6.45) is 0. The van der Waals surface area contributed by atoms with Gasteiger partial charge in [-0.3, -0.25) is 9.59 Å². The van der Waals surface area contributed by atoms with E-state index in [9.17, 15) is 9.59 Å². The maximum Gasteiger partial charge on any atom is 0.235 e. The zero-order valence-corrected chi connectivity index (χ0v) is 17.8. The van der Waals surface area contributed by atoms with Crippen LogP contribution in [0, 0.1) is 20.8 Å². The van der Waals surface area contributed by atoms with Crippen LogP contribution in [0.4, 0.5) is 0 Å². The molecule has 0 spiro atoms. The molecule has 0 fully saturated rings. The van der Waals surface area contributed by atoms with Crippen LogP contribution in [0.5, 0.6) is 0 Å². The average molecular weight is 396 g/mol. The number of nitrogens with two attached hydrogens (primary N) is 1. The second-order valence-electron chi connectivity index (χ2n) is 7.43. The number of aromatic amines is 1. The minimum atomic E-state index is -0.287. The number of aromatic nitrogens is 1. The van der Waals surface area contributed by atoms with Crippen molar-refractivity contribution in [3.8, 4) is 0 Å². The van der Waals surface area contributed by atoms with E-state index >= 15 is 0 Å². The largest absolute Gasteiger partial charge is 0.355 e. The van der Waals surface area contributed by atoms with Crippen molar-refractivity contribution in [1.29, 1.82) is 0 Å². The lowest BCUT2D eigenvalue weighted by Crippen LogP contribution is -2.92. The second kappa shape index (κ2) is 8.25.